The molecule has 0 radical (unpaired) electrons. The van der Waals surface area contributed by atoms with Crippen molar-refractivity contribution in [3.63, 3.8) is 0 Å². The minimum absolute atomic E-state index is 0.0409. The Bertz CT molecular complexity index is 152. The van der Waals surface area contributed by atoms with Crippen molar-refractivity contribution in [3.05, 3.63) is 0 Å². The molecule has 0 aliphatic rings. The molecule has 86 valence electrons. The van der Waals surface area contributed by atoms with E-state index in [4.69, 9.17) is 10.8 Å². The summed E-state index contributed by atoms with van der Waals surface area (Å²) in [4.78, 5) is 1.53. The molecule has 6 heteroatoms. The highest BCUT2D eigenvalue weighted by Crippen LogP contribution is 2.19. The maximum absolute atomic E-state index is 11.8. The van der Waals surface area contributed by atoms with Crippen LogP contribution in [0.25, 0.3) is 0 Å². The molecule has 0 aromatic rings. The maximum Gasteiger partial charge on any atom is 0.390 e. The van der Waals surface area contributed by atoms with E-state index < -0.39 is 18.7 Å². The van der Waals surface area contributed by atoms with Gasteiger partial charge in [0.15, 0.2) is 0 Å². The molecule has 0 rings (SSSR count). The molecule has 0 saturated carbocycles. The van der Waals surface area contributed by atoms with E-state index in [1.165, 1.54) is 4.90 Å². The summed E-state index contributed by atoms with van der Waals surface area (Å²) < 4.78 is 35.4. The Kier molecular flexibility index (Phi) is 6.06. The second-order valence-electron chi connectivity index (χ2n) is 3.35. The Morgan fingerprint density at radius 1 is 1.36 bits per heavy atom. The molecule has 3 N–H and O–H groups in total. The third-order valence-electron chi connectivity index (χ3n) is 1.89. The molecule has 0 saturated heterocycles. The van der Waals surface area contributed by atoms with Crippen LogP contribution in [0.15, 0.2) is 0 Å². The van der Waals surface area contributed by atoms with Gasteiger partial charge in [-0.2, -0.15) is 13.2 Å². The summed E-state index contributed by atoms with van der Waals surface area (Å²) in [6, 6.07) is 0. The summed E-state index contributed by atoms with van der Waals surface area (Å²) in [5, 5.41) is 9.06. The topological polar surface area (TPSA) is 49.5 Å². The molecule has 0 aromatic heterocycles. The van der Waals surface area contributed by atoms with Crippen molar-refractivity contribution < 1.29 is 18.3 Å². The molecular weight excluding hydrogens is 197 g/mol. The van der Waals surface area contributed by atoms with E-state index in [1.54, 1.807) is 7.05 Å². The standard InChI is InChI=1S/C8H17F3N2O/c1-13(4-2-7(14)6-12)5-3-8(9,10)11/h7,14H,2-6,12H2,1H3. The Morgan fingerprint density at radius 3 is 2.36 bits per heavy atom. The van der Waals surface area contributed by atoms with Crippen molar-refractivity contribution in [1.82, 2.24) is 4.90 Å². The summed E-state index contributed by atoms with van der Waals surface area (Å²) in [7, 11) is 1.59. The van der Waals surface area contributed by atoms with Gasteiger partial charge in [0.2, 0.25) is 0 Å². The predicted molar refractivity (Wildman–Crippen MR) is 47.8 cm³/mol. The molecule has 0 fully saturated rings. The first-order valence-corrected chi connectivity index (χ1v) is 4.48. The van der Waals surface area contributed by atoms with Gasteiger partial charge >= 0.3 is 6.18 Å². The van der Waals surface area contributed by atoms with Gasteiger partial charge in [-0.05, 0) is 13.5 Å². The number of hydrogen-bond donors (Lipinski definition) is 2. The molecule has 0 bridgehead atoms. The molecule has 14 heavy (non-hydrogen) atoms. The van der Waals surface area contributed by atoms with Crippen LogP contribution in [0.5, 0.6) is 0 Å². The van der Waals surface area contributed by atoms with Crippen molar-refractivity contribution in [2.75, 3.05) is 26.7 Å². The quantitative estimate of drug-likeness (QED) is 0.680. The Morgan fingerprint density at radius 2 is 1.93 bits per heavy atom. The summed E-state index contributed by atoms with van der Waals surface area (Å²) in [5.74, 6) is 0. The third kappa shape index (κ3) is 8.28. The Balaban J connectivity index is 3.51. The van der Waals surface area contributed by atoms with Gasteiger partial charge in [0.1, 0.15) is 0 Å². The number of aliphatic hydroxyl groups is 1. The van der Waals surface area contributed by atoms with E-state index in [9.17, 15) is 13.2 Å². The number of nitrogens with zero attached hydrogens (tertiary/aromatic N) is 1. The van der Waals surface area contributed by atoms with E-state index in [0.29, 0.717) is 13.0 Å². The number of hydrogen-bond acceptors (Lipinski definition) is 3. The lowest BCUT2D eigenvalue weighted by atomic mass is 10.2. The van der Waals surface area contributed by atoms with Crippen LogP contribution in [-0.2, 0) is 0 Å². The van der Waals surface area contributed by atoms with Gasteiger partial charge in [0, 0.05) is 19.6 Å². The average molecular weight is 214 g/mol. The van der Waals surface area contributed by atoms with E-state index >= 15 is 0 Å². The molecule has 3 nitrogen and oxygen atoms in total. The summed E-state index contributed by atoms with van der Waals surface area (Å²) >= 11 is 0. The highest BCUT2D eigenvalue weighted by Gasteiger charge is 2.26. The number of aliphatic hydroxyl groups excluding tert-OH is 1. The van der Waals surface area contributed by atoms with Gasteiger partial charge in [0.25, 0.3) is 0 Å². The van der Waals surface area contributed by atoms with Gasteiger partial charge in [-0.15, -0.1) is 0 Å². The normalized spacial score (nSPS) is 14.8. The first kappa shape index (κ1) is 13.7. The minimum Gasteiger partial charge on any atom is -0.392 e. The second kappa shape index (κ2) is 6.21. The zero-order valence-corrected chi connectivity index (χ0v) is 8.22. The molecule has 1 atom stereocenters. The summed E-state index contributed by atoms with van der Waals surface area (Å²) in [6.07, 6.45) is -5.14. The van der Waals surface area contributed by atoms with Gasteiger partial charge in [-0.1, -0.05) is 0 Å². The molecule has 0 spiro atoms. The van der Waals surface area contributed by atoms with Crippen molar-refractivity contribution in [2.24, 2.45) is 5.73 Å². The van der Waals surface area contributed by atoms with Gasteiger partial charge in [-0.25, -0.2) is 0 Å². The zero-order valence-electron chi connectivity index (χ0n) is 8.22. The second-order valence-corrected chi connectivity index (χ2v) is 3.35. The highest BCUT2D eigenvalue weighted by atomic mass is 19.4. The number of halogens is 3. The highest BCUT2D eigenvalue weighted by molar-refractivity contribution is 4.61. The SMILES string of the molecule is CN(CCC(O)CN)CCC(F)(F)F. The van der Waals surface area contributed by atoms with Crippen LogP contribution in [0.2, 0.25) is 0 Å². The first-order chi connectivity index (χ1) is 6.35. The number of alkyl halides is 3. The summed E-state index contributed by atoms with van der Waals surface area (Å²) in [6.45, 7) is 0.530. The fourth-order valence-electron chi connectivity index (χ4n) is 0.917. The first-order valence-electron chi connectivity index (χ1n) is 4.48. The van der Waals surface area contributed by atoms with Crippen LogP contribution in [0.1, 0.15) is 12.8 Å². The number of rotatable bonds is 6. The smallest absolute Gasteiger partial charge is 0.390 e. The Labute approximate surface area is 81.7 Å². The van der Waals surface area contributed by atoms with E-state index in [0.717, 1.165) is 0 Å². The van der Waals surface area contributed by atoms with Crippen LogP contribution in [0.4, 0.5) is 13.2 Å². The monoisotopic (exact) mass is 214 g/mol. The molecule has 0 aromatic carbocycles. The van der Waals surface area contributed by atoms with Crippen molar-refractivity contribution in [1.29, 1.82) is 0 Å². The molecule has 0 heterocycles. The lowest BCUT2D eigenvalue weighted by Gasteiger charge is -2.18. The fraction of sp³-hybridized carbons (Fsp3) is 1.00. The van der Waals surface area contributed by atoms with E-state index in [-0.39, 0.29) is 13.1 Å². The van der Waals surface area contributed by atoms with Crippen molar-refractivity contribution >= 4 is 0 Å². The lowest BCUT2D eigenvalue weighted by molar-refractivity contribution is -0.137. The van der Waals surface area contributed by atoms with Crippen LogP contribution < -0.4 is 5.73 Å². The van der Waals surface area contributed by atoms with Crippen LogP contribution >= 0.6 is 0 Å². The summed E-state index contributed by atoms with van der Waals surface area (Å²) in [5.41, 5.74) is 5.15. The third-order valence-corrected chi connectivity index (χ3v) is 1.89. The Hall–Kier alpha value is -0.330. The lowest BCUT2D eigenvalue weighted by Crippen LogP contribution is -2.29. The van der Waals surface area contributed by atoms with E-state index in [2.05, 4.69) is 0 Å². The molecule has 1 unspecified atom stereocenters. The largest absolute Gasteiger partial charge is 0.392 e. The zero-order chi connectivity index (χ0) is 11.2. The van der Waals surface area contributed by atoms with Crippen LogP contribution in [0, 0.1) is 0 Å². The van der Waals surface area contributed by atoms with Gasteiger partial charge < -0.3 is 15.7 Å². The number of nitrogens with two attached hydrogens (primary N) is 1. The van der Waals surface area contributed by atoms with Crippen molar-refractivity contribution in [3.8, 4) is 0 Å². The predicted octanol–water partition coefficient (Wildman–Crippen LogP) is 0.580. The van der Waals surface area contributed by atoms with Gasteiger partial charge in [-0.3, -0.25) is 0 Å². The minimum atomic E-state index is -4.11. The van der Waals surface area contributed by atoms with E-state index in [1.807, 2.05) is 0 Å². The maximum atomic E-state index is 11.8. The van der Waals surface area contributed by atoms with Crippen LogP contribution in [0.3, 0.4) is 0 Å². The molecule has 0 aliphatic heterocycles. The molecule has 0 aliphatic carbocycles. The van der Waals surface area contributed by atoms with Gasteiger partial charge in [0.05, 0.1) is 12.5 Å². The molecule has 0 amide bonds. The van der Waals surface area contributed by atoms with Crippen molar-refractivity contribution in [2.45, 2.75) is 25.1 Å². The van der Waals surface area contributed by atoms with Crippen LogP contribution in [-0.4, -0.2) is 49.0 Å². The fourth-order valence-corrected chi connectivity index (χ4v) is 0.917. The molecular formula is C8H17F3N2O. The average Bonchev–Trinajstić information content (AvgIpc) is 2.09.